The average molecular weight is 345 g/mol. The standard InChI is InChI=1S/C17H25N6O2/c1-12-11-23-13-14(18-16(23)19(12)2)20(3)17(25)22(15(13)24)10-9-21-7-5-4-6-8-21/h11,13H,4-10H2,1-3H3/q+1. The molecule has 134 valence electrons. The maximum atomic E-state index is 13.1. The number of likely N-dealkylation sites (tertiary alicyclic amines) is 1. The van der Waals surface area contributed by atoms with E-state index in [0.29, 0.717) is 18.3 Å². The van der Waals surface area contributed by atoms with Crippen LogP contribution in [-0.2, 0) is 11.8 Å². The number of likely N-dealkylation sites (N-methyl/N-ethyl adjacent to an activating group) is 1. The fourth-order valence-corrected chi connectivity index (χ4v) is 3.93. The number of aromatic nitrogens is 2. The monoisotopic (exact) mass is 345 g/mol. The van der Waals surface area contributed by atoms with Crippen molar-refractivity contribution in [2.45, 2.75) is 32.2 Å². The van der Waals surface area contributed by atoms with Gasteiger partial charge in [-0.25, -0.2) is 13.9 Å². The maximum Gasteiger partial charge on any atom is 0.401 e. The SMILES string of the molecule is Cc1c[n+]2c(n1C)N=C1C2C(=O)N(CCN2CCCCC2)C(=O)N1C. The van der Waals surface area contributed by atoms with Crippen LogP contribution in [-0.4, -0.2) is 70.3 Å². The highest BCUT2D eigenvalue weighted by Gasteiger charge is 2.52. The molecule has 8 heteroatoms. The van der Waals surface area contributed by atoms with Crippen LogP contribution < -0.4 is 4.57 Å². The number of amidine groups is 1. The largest absolute Gasteiger partial charge is 0.401 e. The molecule has 1 aromatic rings. The number of imidazole rings is 1. The molecule has 8 nitrogen and oxygen atoms in total. The number of aryl methyl sites for hydroxylation is 1. The zero-order valence-corrected chi connectivity index (χ0v) is 15.1. The van der Waals surface area contributed by atoms with Crippen LogP contribution in [0.1, 0.15) is 31.0 Å². The first kappa shape index (κ1) is 16.3. The van der Waals surface area contributed by atoms with Gasteiger partial charge in [0.25, 0.3) is 5.91 Å². The van der Waals surface area contributed by atoms with Crippen molar-refractivity contribution in [1.29, 1.82) is 0 Å². The molecule has 3 aliphatic heterocycles. The van der Waals surface area contributed by atoms with Crippen LogP contribution in [0.25, 0.3) is 0 Å². The molecule has 0 aliphatic carbocycles. The zero-order chi connectivity index (χ0) is 17.7. The van der Waals surface area contributed by atoms with Crippen molar-refractivity contribution in [3.05, 3.63) is 11.9 Å². The number of aliphatic imine (C=N–C) groups is 1. The summed E-state index contributed by atoms with van der Waals surface area (Å²) < 4.78 is 3.82. The molecule has 3 amide bonds. The van der Waals surface area contributed by atoms with E-state index < -0.39 is 6.04 Å². The summed E-state index contributed by atoms with van der Waals surface area (Å²) in [5.41, 5.74) is 1.03. The van der Waals surface area contributed by atoms with Gasteiger partial charge in [0.05, 0.1) is 7.05 Å². The molecule has 0 aromatic carbocycles. The Labute approximate surface area is 147 Å². The topological polar surface area (TPSA) is 65.0 Å². The summed E-state index contributed by atoms with van der Waals surface area (Å²) >= 11 is 0. The maximum absolute atomic E-state index is 13.1. The summed E-state index contributed by atoms with van der Waals surface area (Å²) in [5, 5.41) is 0. The first-order valence-corrected chi connectivity index (χ1v) is 8.96. The van der Waals surface area contributed by atoms with E-state index in [1.165, 1.54) is 29.1 Å². The minimum Gasteiger partial charge on any atom is -0.302 e. The number of imide groups is 1. The molecule has 0 bridgehead atoms. The predicted molar refractivity (Wildman–Crippen MR) is 91.6 cm³/mol. The molecular formula is C17H25N6O2+. The second-order valence-corrected chi connectivity index (χ2v) is 7.14. The summed E-state index contributed by atoms with van der Waals surface area (Å²) in [4.78, 5) is 35.6. The molecule has 0 saturated carbocycles. The van der Waals surface area contributed by atoms with Gasteiger partial charge in [-0.15, -0.1) is 0 Å². The highest BCUT2D eigenvalue weighted by atomic mass is 16.2. The molecule has 3 aliphatic rings. The van der Waals surface area contributed by atoms with Crippen molar-refractivity contribution in [3.8, 4) is 0 Å². The Kier molecular flexibility index (Phi) is 3.87. The quantitative estimate of drug-likeness (QED) is 0.753. The molecule has 4 heterocycles. The van der Waals surface area contributed by atoms with Gasteiger partial charge in [-0.3, -0.25) is 14.6 Å². The van der Waals surface area contributed by atoms with Crippen LogP contribution in [0.2, 0.25) is 0 Å². The van der Waals surface area contributed by atoms with Gasteiger partial charge in [0, 0.05) is 20.1 Å². The number of nitrogens with zero attached hydrogens (tertiary/aromatic N) is 6. The molecule has 2 fully saturated rings. The number of urea groups is 1. The van der Waals surface area contributed by atoms with Crippen LogP contribution in [0.4, 0.5) is 10.7 Å². The first-order chi connectivity index (χ1) is 12.0. The summed E-state index contributed by atoms with van der Waals surface area (Å²) in [6.07, 6.45) is 5.60. The van der Waals surface area contributed by atoms with Crippen molar-refractivity contribution >= 4 is 23.7 Å². The van der Waals surface area contributed by atoms with E-state index in [1.54, 1.807) is 7.05 Å². The fraction of sp³-hybridized carbons (Fsp3) is 0.647. The molecule has 0 radical (unpaired) electrons. The van der Waals surface area contributed by atoms with E-state index in [2.05, 4.69) is 9.89 Å². The fourth-order valence-electron chi connectivity index (χ4n) is 3.93. The van der Waals surface area contributed by atoms with Gasteiger partial charge in [0.15, 0.2) is 0 Å². The Morgan fingerprint density at radius 3 is 2.60 bits per heavy atom. The average Bonchev–Trinajstić information content (AvgIpc) is 3.11. The van der Waals surface area contributed by atoms with Crippen LogP contribution in [0, 0.1) is 6.92 Å². The second kappa shape index (κ2) is 5.94. The first-order valence-electron chi connectivity index (χ1n) is 8.96. The van der Waals surface area contributed by atoms with Crippen LogP contribution in [0.5, 0.6) is 0 Å². The van der Waals surface area contributed by atoms with E-state index in [9.17, 15) is 9.59 Å². The summed E-state index contributed by atoms with van der Waals surface area (Å²) in [6.45, 7) is 5.28. The molecule has 1 unspecified atom stereocenters. The lowest BCUT2D eigenvalue weighted by Crippen LogP contribution is -2.63. The lowest BCUT2D eigenvalue weighted by Gasteiger charge is -2.35. The van der Waals surface area contributed by atoms with E-state index in [0.717, 1.165) is 25.3 Å². The third-order valence-corrected chi connectivity index (χ3v) is 5.57. The van der Waals surface area contributed by atoms with E-state index in [4.69, 9.17) is 0 Å². The molecule has 0 N–H and O–H groups in total. The van der Waals surface area contributed by atoms with Gasteiger partial charge in [0.1, 0.15) is 11.9 Å². The van der Waals surface area contributed by atoms with Crippen LogP contribution in [0.15, 0.2) is 11.2 Å². The minimum absolute atomic E-state index is 0.173. The predicted octanol–water partition coefficient (Wildman–Crippen LogP) is 0.586. The second-order valence-electron chi connectivity index (χ2n) is 7.14. The van der Waals surface area contributed by atoms with E-state index in [-0.39, 0.29) is 11.9 Å². The van der Waals surface area contributed by atoms with Gasteiger partial charge in [-0.05, 0) is 32.9 Å². The highest BCUT2D eigenvalue weighted by Crippen LogP contribution is 2.28. The van der Waals surface area contributed by atoms with E-state index in [1.807, 2.05) is 29.3 Å². The number of hydrogen-bond acceptors (Lipinski definition) is 4. The lowest BCUT2D eigenvalue weighted by molar-refractivity contribution is -0.677. The lowest BCUT2D eigenvalue weighted by atomic mass is 10.1. The van der Waals surface area contributed by atoms with E-state index >= 15 is 0 Å². The number of piperidine rings is 1. The number of rotatable bonds is 3. The van der Waals surface area contributed by atoms with Gasteiger partial charge in [-0.2, -0.15) is 0 Å². The van der Waals surface area contributed by atoms with Gasteiger partial charge >= 0.3 is 12.0 Å². The van der Waals surface area contributed by atoms with Crippen LogP contribution in [0.3, 0.4) is 0 Å². The van der Waals surface area contributed by atoms with Gasteiger partial charge in [-0.1, -0.05) is 11.4 Å². The molecule has 2 saturated heterocycles. The minimum atomic E-state index is -0.529. The van der Waals surface area contributed by atoms with Gasteiger partial charge in [0.2, 0.25) is 11.9 Å². The number of carbonyl (C=O) groups excluding carboxylic acids is 2. The van der Waals surface area contributed by atoms with Crippen molar-refractivity contribution in [1.82, 2.24) is 19.3 Å². The summed E-state index contributed by atoms with van der Waals surface area (Å²) in [5.74, 6) is 1.06. The Balaban J connectivity index is 1.58. The van der Waals surface area contributed by atoms with Crippen molar-refractivity contribution in [2.75, 3.05) is 33.2 Å². The van der Waals surface area contributed by atoms with Crippen molar-refractivity contribution in [2.24, 2.45) is 12.0 Å². The Hall–Kier alpha value is -2.22. The Bertz CT molecular complexity index is 761. The molecule has 0 spiro atoms. The number of amides is 3. The van der Waals surface area contributed by atoms with Crippen molar-refractivity contribution < 1.29 is 14.2 Å². The number of carbonyl (C=O) groups is 2. The third-order valence-electron chi connectivity index (χ3n) is 5.57. The normalized spacial score (nSPS) is 23.8. The number of fused-ring (bicyclic) bond motifs is 3. The Morgan fingerprint density at radius 2 is 1.88 bits per heavy atom. The molecule has 4 rings (SSSR count). The Morgan fingerprint density at radius 1 is 1.16 bits per heavy atom. The zero-order valence-electron chi connectivity index (χ0n) is 15.1. The summed E-state index contributed by atoms with van der Waals surface area (Å²) in [7, 11) is 3.62. The molecule has 1 atom stereocenters. The smallest absolute Gasteiger partial charge is 0.302 e. The van der Waals surface area contributed by atoms with Crippen molar-refractivity contribution in [3.63, 3.8) is 0 Å². The highest BCUT2D eigenvalue weighted by molar-refractivity contribution is 6.19. The van der Waals surface area contributed by atoms with Gasteiger partial charge < -0.3 is 4.90 Å². The van der Waals surface area contributed by atoms with Crippen LogP contribution >= 0.6 is 0 Å². The third kappa shape index (κ3) is 2.47. The summed E-state index contributed by atoms with van der Waals surface area (Å²) in [6, 6.07) is -0.805. The molecule has 25 heavy (non-hydrogen) atoms. The number of hydrogen-bond donors (Lipinski definition) is 0. The molecule has 1 aromatic heterocycles. The molecular weight excluding hydrogens is 320 g/mol.